The molecule has 33 heavy (non-hydrogen) atoms. The number of hydrogen-bond donors (Lipinski definition) is 2. The second kappa shape index (κ2) is 8.01. The molecule has 0 aliphatic rings. The van der Waals surface area contributed by atoms with Crippen molar-refractivity contribution in [3.63, 3.8) is 0 Å². The number of aryl methyl sites for hydroxylation is 2. The average molecular weight is 458 g/mol. The molecule has 2 heterocycles. The van der Waals surface area contributed by atoms with Gasteiger partial charge in [0.2, 0.25) is 0 Å². The number of carbonyl (C=O) groups is 1. The van der Waals surface area contributed by atoms with E-state index in [9.17, 15) is 27.6 Å². The SMILES string of the molecule is Cc1ccc(-n2c(=O)[nH]c3c(C(=O)Nc4ccc(OC(F)(F)F)cc4)cn(C)c3c2=O)cc1. The molecule has 2 N–H and O–H groups in total. The molecule has 0 atom stereocenters. The van der Waals surface area contributed by atoms with Gasteiger partial charge in [0, 0.05) is 18.9 Å². The van der Waals surface area contributed by atoms with Crippen LogP contribution in [-0.2, 0) is 7.05 Å². The standard InChI is InChI=1S/C22H17F3N4O4/c1-12-3-7-14(8-4-12)29-20(31)18-17(27-21(29)32)16(11-28(18)2)19(30)26-13-5-9-15(10-6-13)33-22(23,24)25/h3-11H,1-2H3,(H,26,30)(H,27,32). The summed E-state index contributed by atoms with van der Waals surface area (Å²) in [6.45, 7) is 1.87. The van der Waals surface area contributed by atoms with E-state index in [0.29, 0.717) is 5.69 Å². The first-order chi connectivity index (χ1) is 15.5. The summed E-state index contributed by atoms with van der Waals surface area (Å²) in [6.07, 6.45) is -3.44. The summed E-state index contributed by atoms with van der Waals surface area (Å²) in [7, 11) is 1.56. The molecule has 8 nitrogen and oxygen atoms in total. The van der Waals surface area contributed by atoms with E-state index in [0.717, 1.165) is 22.3 Å². The smallest absolute Gasteiger partial charge is 0.406 e. The number of alkyl halides is 3. The summed E-state index contributed by atoms with van der Waals surface area (Å²) >= 11 is 0. The number of nitrogens with one attached hydrogen (secondary N) is 2. The number of hydrogen-bond acceptors (Lipinski definition) is 4. The third kappa shape index (κ3) is 4.38. The normalized spacial score (nSPS) is 11.5. The Balaban J connectivity index is 1.69. The number of carbonyl (C=O) groups excluding carboxylic acids is 1. The van der Waals surface area contributed by atoms with E-state index >= 15 is 0 Å². The van der Waals surface area contributed by atoms with Crippen LogP contribution in [0, 0.1) is 6.92 Å². The van der Waals surface area contributed by atoms with Gasteiger partial charge < -0.3 is 19.6 Å². The van der Waals surface area contributed by atoms with Crippen LogP contribution in [-0.4, -0.2) is 26.4 Å². The Hall–Kier alpha value is -4.28. The van der Waals surface area contributed by atoms with Crippen molar-refractivity contribution in [1.82, 2.24) is 14.1 Å². The first kappa shape index (κ1) is 21.9. The average Bonchev–Trinajstić information content (AvgIpc) is 3.06. The van der Waals surface area contributed by atoms with Crippen LogP contribution in [0.2, 0.25) is 0 Å². The van der Waals surface area contributed by atoms with Gasteiger partial charge in [0.25, 0.3) is 11.5 Å². The van der Waals surface area contributed by atoms with Crippen LogP contribution >= 0.6 is 0 Å². The number of benzene rings is 2. The molecule has 2 aromatic carbocycles. The van der Waals surface area contributed by atoms with Gasteiger partial charge in [-0.15, -0.1) is 13.2 Å². The number of aromatic nitrogens is 3. The van der Waals surface area contributed by atoms with Crippen molar-refractivity contribution in [2.75, 3.05) is 5.32 Å². The maximum Gasteiger partial charge on any atom is 0.573 e. The fraction of sp³-hybridized carbons (Fsp3) is 0.136. The van der Waals surface area contributed by atoms with Crippen LogP contribution in [0.15, 0.2) is 64.3 Å². The summed E-state index contributed by atoms with van der Waals surface area (Å²) in [5, 5.41) is 2.53. The van der Waals surface area contributed by atoms with Crippen LogP contribution in [0.5, 0.6) is 5.75 Å². The number of halogens is 3. The van der Waals surface area contributed by atoms with Gasteiger partial charge in [-0.05, 0) is 43.3 Å². The van der Waals surface area contributed by atoms with Gasteiger partial charge in [-0.25, -0.2) is 9.36 Å². The summed E-state index contributed by atoms with van der Waals surface area (Å²) in [5.41, 5.74) is 0.384. The van der Waals surface area contributed by atoms with E-state index in [1.54, 1.807) is 31.3 Å². The minimum absolute atomic E-state index is 0.0216. The molecule has 11 heteroatoms. The first-order valence-electron chi connectivity index (χ1n) is 9.62. The third-order valence-corrected chi connectivity index (χ3v) is 4.90. The Morgan fingerprint density at radius 3 is 2.27 bits per heavy atom. The molecule has 1 amide bonds. The van der Waals surface area contributed by atoms with E-state index in [-0.39, 0.29) is 22.3 Å². The van der Waals surface area contributed by atoms with Gasteiger partial charge in [0.15, 0.2) is 0 Å². The molecule has 4 rings (SSSR count). The Morgan fingerprint density at radius 1 is 1.03 bits per heavy atom. The highest BCUT2D eigenvalue weighted by molar-refractivity contribution is 6.11. The van der Waals surface area contributed by atoms with Crippen molar-refractivity contribution >= 4 is 22.6 Å². The van der Waals surface area contributed by atoms with Crippen molar-refractivity contribution in [3.05, 3.63) is 86.7 Å². The molecule has 0 radical (unpaired) electrons. The van der Waals surface area contributed by atoms with Crippen molar-refractivity contribution in [3.8, 4) is 11.4 Å². The van der Waals surface area contributed by atoms with Crippen LogP contribution in [0.3, 0.4) is 0 Å². The van der Waals surface area contributed by atoms with Gasteiger partial charge in [-0.1, -0.05) is 17.7 Å². The minimum Gasteiger partial charge on any atom is -0.406 e. The molecule has 170 valence electrons. The predicted octanol–water partition coefficient (Wildman–Crippen LogP) is 3.48. The Morgan fingerprint density at radius 2 is 1.67 bits per heavy atom. The summed E-state index contributed by atoms with van der Waals surface area (Å²) in [5.74, 6) is -1.10. The summed E-state index contributed by atoms with van der Waals surface area (Å²) in [4.78, 5) is 41.2. The number of anilines is 1. The monoisotopic (exact) mass is 458 g/mol. The largest absolute Gasteiger partial charge is 0.573 e. The Bertz CT molecular complexity index is 1460. The fourth-order valence-corrected chi connectivity index (χ4v) is 3.41. The van der Waals surface area contributed by atoms with Crippen molar-refractivity contribution in [1.29, 1.82) is 0 Å². The highest BCUT2D eigenvalue weighted by Crippen LogP contribution is 2.24. The van der Waals surface area contributed by atoms with Gasteiger partial charge in [-0.2, -0.15) is 0 Å². The van der Waals surface area contributed by atoms with E-state index < -0.39 is 29.3 Å². The quantitative estimate of drug-likeness (QED) is 0.489. The lowest BCUT2D eigenvalue weighted by Crippen LogP contribution is -2.34. The highest BCUT2D eigenvalue weighted by Gasteiger charge is 2.31. The number of fused-ring (bicyclic) bond motifs is 1. The number of ether oxygens (including phenoxy) is 1. The van der Waals surface area contributed by atoms with Crippen LogP contribution < -0.4 is 21.3 Å². The minimum atomic E-state index is -4.83. The lowest BCUT2D eigenvalue weighted by Gasteiger charge is -2.10. The topological polar surface area (TPSA) is 98.1 Å². The molecule has 0 aliphatic heterocycles. The second-order valence-corrected chi connectivity index (χ2v) is 7.31. The maximum absolute atomic E-state index is 13.1. The number of aromatic amines is 1. The number of amides is 1. The molecular weight excluding hydrogens is 441 g/mol. The van der Waals surface area contributed by atoms with Gasteiger partial charge in [0.1, 0.15) is 11.3 Å². The van der Waals surface area contributed by atoms with E-state index in [1.165, 1.54) is 22.9 Å². The molecule has 0 bridgehead atoms. The maximum atomic E-state index is 13.1. The van der Waals surface area contributed by atoms with Crippen molar-refractivity contribution in [2.24, 2.45) is 7.05 Å². The molecule has 0 saturated carbocycles. The fourth-order valence-electron chi connectivity index (χ4n) is 3.41. The number of nitrogens with zero attached hydrogens (tertiary/aromatic N) is 2. The summed E-state index contributed by atoms with van der Waals surface area (Å²) in [6, 6.07) is 11.4. The molecule has 0 unspecified atom stereocenters. The molecule has 0 aliphatic carbocycles. The molecular formula is C22H17F3N4O4. The Labute approximate surface area is 183 Å². The molecule has 2 aromatic heterocycles. The Kier molecular flexibility index (Phi) is 5.32. The van der Waals surface area contributed by atoms with Gasteiger partial charge >= 0.3 is 12.1 Å². The third-order valence-electron chi connectivity index (χ3n) is 4.90. The van der Waals surface area contributed by atoms with Crippen LogP contribution in [0.4, 0.5) is 18.9 Å². The molecule has 4 aromatic rings. The first-order valence-corrected chi connectivity index (χ1v) is 9.62. The number of H-pyrrole nitrogens is 1. The zero-order valence-corrected chi connectivity index (χ0v) is 17.4. The zero-order chi connectivity index (χ0) is 23.9. The van der Waals surface area contributed by atoms with Crippen molar-refractivity contribution in [2.45, 2.75) is 13.3 Å². The van der Waals surface area contributed by atoms with E-state index in [4.69, 9.17) is 0 Å². The lowest BCUT2D eigenvalue weighted by molar-refractivity contribution is -0.274. The van der Waals surface area contributed by atoms with Gasteiger partial charge in [-0.3, -0.25) is 9.59 Å². The van der Waals surface area contributed by atoms with E-state index in [2.05, 4.69) is 15.0 Å². The molecule has 0 spiro atoms. The van der Waals surface area contributed by atoms with Crippen LogP contribution in [0.1, 0.15) is 15.9 Å². The highest BCUT2D eigenvalue weighted by atomic mass is 19.4. The van der Waals surface area contributed by atoms with Gasteiger partial charge in [0.05, 0.1) is 16.8 Å². The zero-order valence-electron chi connectivity index (χ0n) is 17.4. The van der Waals surface area contributed by atoms with E-state index in [1.807, 2.05) is 6.92 Å². The second-order valence-electron chi connectivity index (χ2n) is 7.31. The summed E-state index contributed by atoms with van der Waals surface area (Å²) < 4.78 is 43.1. The van der Waals surface area contributed by atoms with Crippen molar-refractivity contribution < 1.29 is 22.7 Å². The molecule has 0 fully saturated rings. The number of rotatable bonds is 4. The lowest BCUT2D eigenvalue weighted by atomic mass is 10.2. The van der Waals surface area contributed by atoms with Crippen LogP contribution in [0.25, 0.3) is 16.7 Å². The predicted molar refractivity (Wildman–Crippen MR) is 115 cm³/mol. The molecule has 0 saturated heterocycles.